The van der Waals surface area contributed by atoms with Crippen molar-refractivity contribution in [1.82, 2.24) is 0 Å². The lowest BCUT2D eigenvalue weighted by Crippen LogP contribution is -2.14. The Labute approximate surface area is 115 Å². The second-order valence-corrected chi connectivity index (χ2v) is 5.69. The Morgan fingerprint density at radius 2 is 1.75 bits per heavy atom. The van der Waals surface area contributed by atoms with Crippen molar-refractivity contribution in [1.29, 1.82) is 0 Å². The Kier molecular flexibility index (Phi) is 3.71. The van der Waals surface area contributed by atoms with Gasteiger partial charge in [0.05, 0.1) is 10.6 Å². The smallest absolute Gasteiger partial charge is 0.261 e. The number of hydrogen-bond acceptors (Lipinski definition) is 3. The van der Waals surface area contributed by atoms with E-state index in [0.29, 0.717) is 0 Å². The quantitative estimate of drug-likeness (QED) is 0.899. The highest BCUT2D eigenvalue weighted by Gasteiger charge is 2.14. The van der Waals surface area contributed by atoms with E-state index in [1.54, 1.807) is 0 Å². The lowest BCUT2D eigenvalue weighted by molar-refractivity contribution is 0.1000. The molecular weight excluding hydrogens is 283 g/mol. The fourth-order valence-electron chi connectivity index (χ4n) is 1.56. The highest BCUT2D eigenvalue weighted by atomic mass is 32.2. The minimum Gasteiger partial charge on any atom is -0.366 e. The summed E-state index contributed by atoms with van der Waals surface area (Å²) in [5.41, 5.74) is 5.39. The van der Waals surface area contributed by atoms with Crippen molar-refractivity contribution >= 4 is 21.6 Å². The molecule has 0 fully saturated rings. The second-order valence-electron chi connectivity index (χ2n) is 4.00. The van der Waals surface area contributed by atoms with Gasteiger partial charge in [-0.1, -0.05) is 6.07 Å². The average Bonchev–Trinajstić information content (AvgIpc) is 2.38. The number of halogens is 1. The molecule has 0 aliphatic heterocycles. The van der Waals surface area contributed by atoms with Crippen LogP contribution in [0.2, 0.25) is 0 Å². The molecule has 1 amide bonds. The number of nitrogens with one attached hydrogen (secondary N) is 1. The first-order valence-corrected chi connectivity index (χ1v) is 7.05. The van der Waals surface area contributed by atoms with Gasteiger partial charge in [-0.05, 0) is 42.5 Å². The highest BCUT2D eigenvalue weighted by molar-refractivity contribution is 7.92. The number of amides is 1. The van der Waals surface area contributed by atoms with E-state index in [0.717, 1.165) is 6.07 Å². The standard InChI is InChI=1S/C13H11FN2O3S/c14-10-2-1-3-11(8-10)16-20(18,19)12-6-4-9(5-7-12)13(15)17/h1-8,16H,(H2,15,17). The molecule has 0 bridgehead atoms. The van der Waals surface area contributed by atoms with E-state index in [2.05, 4.69) is 4.72 Å². The van der Waals surface area contributed by atoms with E-state index in [1.807, 2.05) is 0 Å². The van der Waals surface area contributed by atoms with Crippen LogP contribution >= 0.6 is 0 Å². The number of carbonyl (C=O) groups excluding carboxylic acids is 1. The second kappa shape index (κ2) is 5.30. The minimum atomic E-state index is -3.84. The van der Waals surface area contributed by atoms with Gasteiger partial charge in [0.1, 0.15) is 5.82 Å². The van der Waals surface area contributed by atoms with Crippen molar-refractivity contribution in [3.05, 3.63) is 59.9 Å². The van der Waals surface area contributed by atoms with Crippen LogP contribution in [-0.2, 0) is 10.0 Å². The van der Waals surface area contributed by atoms with Crippen LogP contribution in [0.4, 0.5) is 10.1 Å². The van der Waals surface area contributed by atoms with Gasteiger partial charge in [0.25, 0.3) is 10.0 Å². The number of carbonyl (C=O) groups is 1. The number of sulfonamides is 1. The van der Waals surface area contributed by atoms with Gasteiger partial charge in [-0.25, -0.2) is 12.8 Å². The zero-order valence-corrected chi connectivity index (χ0v) is 11.0. The van der Waals surface area contributed by atoms with Crippen molar-refractivity contribution in [3.8, 4) is 0 Å². The zero-order valence-electron chi connectivity index (χ0n) is 10.2. The fraction of sp³-hybridized carbons (Fsp3) is 0. The Bertz CT molecular complexity index is 742. The van der Waals surface area contributed by atoms with Crippen LogP contribution < -0.4 is 10.5 Å². The maximum Gasteiger partial charge on any atom is 0.261 e. The van der Waals surface area contributed by atoms with Crippen LogP contribution in [0.1, 0.15) is 10.4 Å². The van der Waals surface area contributed by atoms with Crippen LogP contribution in [0.15, 0.2) is 53.4 Å². The van der Waals surface area contributed by atoms with Gasteiger partial charge < -0.3 is 5.73 Å². The summed E-state index contributed by atoms with van der Waals surface area (Å²) in [4.78, 5) is 10.9. The molecule has 7 heteroatoms. The van der Waals surface area contributed by atoms with E-state index in [1.165, 1.54) is 42.5 Å². The highest BCUT2D eigenvalue weighted by Crippen LogP contribution is 2.17. The van der Waals surface area contributed by atoms with Crippen LogP contribution in [0, 0.1) is 5.82 Å². The molecule has 0 saturated heterocycles. The third-order valence-corrected chi connectivity index (χ3v) is 3.92. The number of benzene rings is 2. The molecule has 20 heavy (non-hydrogen) atoms. The molecule has 0 atom stereocenters. The number of nitrogens with two attached hydrogens (primary N) is 1. The zero-order chi connectivity index (χ0) is 14.8. The van der Waals surface area contributed by atoms with Crippen molar-refractivity contribution in [2.75, 3.05) is 4.72 Å². The summed E-state index contributed by atoms with van der Waals surface area (Å²) in [6.45, 7) is 0. The molecule has 0 aliphatic rings. The first-order chi connectivity index (χ1) is 9.38. The molecule has 5 nitrogen and oxygen atoms in total. The summed E-state index contributed by atoms with van der Waals surface area (Å²) in [5, 5.41) is 0. The van der Waals surface area contributed by atoms with Gasteiger partial charge in [0.15, 0.2) is 0 Å². The third-order valence-electron chi connectivity index (χ3n) is 2.53. The molecule has 3 N–H and O–H groups in total. The first-order valence-electron chi connectivity index (χ1n) is 5.57. The summed E-state index contributed by atoms with van der Waals surface area (Å²) in [6.07, 6.45) is 0. The number of primary amides is 1. The van der Waals surface area contributed by atoms with Crippen molar-refractivity contribution < 1.29 is 17.6 Å². The molecule has 2 rings (SSSR count). The van der Waals surface area contributed by atoms with Gasteiger partial charge >= 0.3 is 0 Å². The molecule has 0 saturated carbocycles. The average molecular weight is 294 g/mol. The summed E-state index contributed by atoms with van der Waals surface area (Å²) < 4.78 is 39.3. The number of anilines is 1. The molecule has 104 valence electrons. The molecule has 0 spiro atoms. The van der Waals surface area contributed by atoms with Crippen molar-refractivity contribution in [2.24, 2.45) is 5.73 Å². The van der Waals surface area contributed by atoms with E-state index < -0.39 is 21.7 Å². The maximum absolute atomic E-state index is 13.0. The van der Waals surface area contributed by atoms with Crippen LogP contribution in [-0.4, -0.2) is 14.3 Å². The van der Waals surface area contributed by atoms with Crippen LogP contribution in [0.5, 0.6) is 0 Å². The Balaban J connectivity index is 2.28. The predicted octanol–water partition coefficient (Wildman–Crippen LogP) is 1.73. The molecule has 0 unspecified atom stereocenters. The normalized spacial score (nSPS) is 11.1. The van der Waals surface area contributed by atoms with E-state index in [-0.39, 0.29) is 16.1 Å². The lowest BCUT2D eigenvalue weighted by atomic mass is 10.2. The molecular formula is C13H11FN2O3S. The van der Waals surface area contributed by atoms with E-state index in [9.17, 15) is 17.6 Å². The summed E-state index contributed by atoms with van der Waals surface area (Å²) in [6, 6.07) is 10.2. The van der Waals surface area contributed by atoms with Gasteiger partial charge in [-0.2, -0.15) is 0 Å². The number of hydrogen-bond donors (Lipinski definition) is 2. The molecule has 0 aliphatic carbocycles. The third kappa shape index (κ3) is 3.12. The minimum absolute atomic E-state index is 0.0493. The Morgan fingerprint density at radius 3 is 2.30 bits per heavy atom. The van der Waals surface area contributed by atoms with Crippen LogP contribution in [0.25, 0.3) is 0 Å². The van der Waals surface area contributed by atoms with Gasteiger partial charge in [0.2, 0.25) is 5.91 Å². The molecule has 0 heterocycles. The van der Waals surface area contributed by atoms with E-state index in [4.69, 9.17) is 5.73 Å². The van der Waals surface area contributed by atoms with Crippen LogP contribution in [0.3, 0.4) is 0 Å². The summed E-state index contributed by atoms with van der Waals surface area (Å²) in [7, 11) is -3.84. The Hall–Kier alpha value is -2.41. The SMILES string of the molecule is NC(=O)c1ccc(S(=O)(=O)Nc2cccc(F)c2)cc1. The first kappa shape index (κ1) is 14.0. The molecule has 0 radical (unpaired) electrons. The van der Waals surface area contributed by atoms with Gasteiger partial charge in [-0.3, -0.25) is 9.52 Å². The topological polar surface area (TPSA) is 89.3 Å². The predicted molar refractivity (Wildman–Crippen MR) is 72.2 cm³/mol. The monoisotopic (exact) mass is 294 g/mol. The lowest BCUT2D eigenvalue weighted by Gasteiger charge is -2.08. The van der Waals surface area contributed by atoms with Gasteiger partial charge in [0, 0.05) is 5.56 Å². The van der Waals surface area contributed by atoms with Crippen molar-refractivity contribution in [2.45, 2.75) is 4.90 Å². The Morgan fingerprint density at radius 1 is 1.10 bits per heavy atom. The van der Waals surface area contributed by atoms with E-state index >= 15 is 0 Å². The maximum atomic E-state index is 13.0. The van der Waals surface area contributed by atoms with Gasteiger partial charge in [-0.15, -0.1) is 0 Å². The largest absolute Gasteiger partial charge is 0.366 e. The number of rotatable bonds is 4. The van der Waals surface area contributed by atoms with Crippen molar-refractivity contribution in [3.63, 3.8) is 0 Å². The summed E-state index contributed by atoms with van der Waals surface area (Å²) in [5.74, 6) is -1.19. The molecule has 2 aromatic carbocycles. The molecule has 2 aromatic rings. The molecule has 0 aromatic heterocycles. The fourth-order valence-corrected chi connectivity index (χ4v) is 2.61. The summed E-state index contributed by atoms with van der Waals surface area (Å²) >= 11 is 0.